The van der Waals surface area contributed by atoms with Gasteiger partial charge in [-0.05, 0) is 55.3 Å². The van der Waals surface area contributed by atoms with Gasteiger partial charge in [0.15, 0.2) is 5.75 Å². The van der Waals surface area contributed by atoms with Crippen LogP contribution in [0.3, 0.4) is 0 Å². The van der Waals surface area contributed by atoms with Crippen molar-refractivity contribution in [1.29, 1.82) is 0 Å². The van der Waals surface area contributed by atoms with Gasteiger partial charge in [0.05, 0.1) is 16.8 Å². The van der Waals surface area contributed by atoms with Gasteiger partial charge in [-0.25, -0.2) is 0 Å². The summed E-state index contributed by atoms with van der Waals surface area (Å²) < 4.78 is 46.2. The molecule has 0 radical (unpaired) electrons. The average Bonchev–Trinajstić information content (AvgIpc) is 2.99. The highest BCUT2D eigenvalue weighted by Gasteiger charge is 2.36. The molecule has 7 nitrogen and oxygen atoms in total. The van der Waals surface area contributed by atoms with Crippen molar-refractivity contribution in [1.82, 2.24) is 9.88 Å². The number of nitrogens with zero attached hydrogens (tertiary/aromatic N) is 3. The lowest BCUT2D eigenvalue weighted by molar-refractivity contribution is -0.138. The number of amides is 2. The van der Waals surface area contributed by atoms with Gasteiger partial charge in [0.25, 0.3) is 11.8 Å². The van der Waals surface area contributed by atoms with Crippen LogP contribution in [-0.4, -0.2) is 47.9 Å². The number of hydrogen-bond donors (Lipinski definition) is 1. The summed E-state index contributed by atoms with van der Waals surface area (Å²) in [5.74, 6) is 0.272. The van der Waals surface area contributed by atoms with E-state index in [0.29, 0.717) is 35.9 Å². The molecule has 0 aliphatic carbocycles. The molecule has 3 heterocycles. The molecule has 2 aliphatic heterocycles. The average molecular weight is 496 g/mol. The molecule has 1 fully saturated rings. The summed E-state index contributed by atoms with van der Waals surface area (Å²) in [6.45, 7) is 5.01. The lowest BCUT2D eigenvalue weighted by atomic mass is 10.1. The van der Waals surface area contributed by atoms with Crippen molar-refractivity contribution in [3.63, 3.8) is 0 Å². The number of halogens is 3. The number of rotatable bonds is 2. The van der Waals surface area contributed by atoms with E-state index in [0.717, 1.165) is 17.2 Å². The van der Waals surface area contributed by atoms with Crippen molar-refractivity contribution in [2.45, 2.75) is 20.0 Å². The van der Waals surface area contributed by atoms with Crippen molar-refractivity contribution in [2.75, 3.05) is 36.4 Å². The third-order valence-corrected chi connectivity index (χ3v) is 6.31. The molecule has 36 heavy (non-hydrogen) atoms. The quantitative estimate of drug-likeness (QED) is 0.538. The van der Waals surface area contributed by atoms with E-state index in [1.807, 2.05) is 30.9 Å². The number of aromatic nitrogens is 1. The number of carbonyl (C=O) groups excluding carboxylic acids is 2. The maximum atomic E-state index is 13.4. The Balaban J connectivity index is 1.34. The Bertz CT molecular complexity index is 1370. The van der Waals surface area contributed by atoms with Crippen LogP contribution in [0.25, 0.3) is 0 Å². The molecular weight excluding hydrogens is 473 g/mol. The maximum Gasteiger partial charge on any atom is 0.417 e. The second kappa shape index (κ2) is 8.85. The maximum absolute atomic E-state index is 13.4. The van der Waals surface area contributed by atoms with Crippen LogP contribution in [0.1, 0.15) is 37.4 Å². The number of alkyl halides is 3. The van der Waals surface area contributed by atoms with E-state index in [2.05, 4.69) is 10.3 Å². The number of piperazine rings is 1. The number of hydrogen-bond acceptors (Lipinski definition) is 5. The van der Waals surface area contributed by atoms with Crippen LogP contribution < -0.4 is 15.0 Å². The molecule has 5 rings (SSSR count). The summed E-state index contributed by atoms with van der Waals surface area (Å²) in [5.41, 5.74) is 1.42. The largest absolute Gasteiger partial charge is 0.436 e. The molecule has 0 spiro atoms. The van der Waals surface area contributed by atoms with Gasteiger partial charge >= 0.3 is 6.18 Å². The number of aryl methyl sites for hydroxylation is 2. The normalized spacial score (nSPS) is 15.4. The van der Waals surface area contributed by atoms with E-state index in [4.69, 9.17) is 4.74 Å². The Morgan fingerprint density at radius 2 is 1.75 bits per heavy atom. The second-order valence-corrected chi connectivity index (χ2v) is 8.86. The highest BCUT2D eigenvalue weighted by Crippen LogP contribution is 2.39. The Labute approximate surface area is 205 Å². The summed E-state index contributed by atoms with van der Waals surface area (Å²) in [5, 5.41) is 2.87. The fourth-order valence-corrected chi connectivity index (χ4v) is 4.55. The first-order chi connectivity index (χ1) is 17.1. The molecule has 1 N–H and O–H groups in total. The molecule has 1 saturated heterocycles. The molecule has 0 bridgehead atoms. The van der Waals surface area contributed by atoms with Crippen molar-refractivity contribution in [2.24, 2.45) is 0 Å². The molecule has 186 valence electrons. The van der Waals surface area contributed by atoms with E-state index in [-0.39, 0.29) is 30.4 Å². The molecule has 0 unspecified atom stereocenters. The number of fused-ring (bicyclic) bond motifs is 2. The van der Waals surface area contributed by atoms with Crippen molar-refractivity contribution in [3.05, 3.63) is 76.3 Å². The fraction of sp³-hybridized carbons (Fsp3) is 0.269. The molecule has 1 aromatic heterocycles. The Hall–Kier alpha value is -4.08. The Morgan fingerprint density at radius 1 is 1.03 bits per heavy atom. The standard InChI is InChI=1S/C26H23F3N4O3/c1-15-13-16(2)22-20(14-15)30-23(34)18-7-8-21(31-24(18)36-22)32-9-11-33(12-10-32)25(35)17-5-3-4-6-19(17)26(27,28)29/h3-8,13-14H,9-12H2,1-2H3,(H,30,34). The summed E-state index contributed by atoms with van der Waals surface area (Å²) in [4.78, 5) is 33.5. The van der Waals surface area contributed by atoms with Crippen LogP contribution in [0.5, 0.6) is 11.6 Å². The Kier molecular flexibility index (Phi) is 5.82. The third-order valence-electron chi connectivity index (χ3n) is 6.31. The van der Waals surface area contributed by atoms with Gasteiger partial charge in [-0.1, -0.05) is 18.2 Å². The summed E-state index contributed by atoms with van der Waals surface area (Å²) in [6, 6.07) is 11.9. The van der Waals surface area contributed by atoms with Crippen molar-refractivity contribution < 1.29 is 27.5 Å². The van der Waals surface area contributed by atoms with Gasteiger partial charge in [-0.3, -0.25) is 9.59 Å². The molecule has 0 atom stereocenters. The SMILES string of the molecule is Cc1cc(C)c2c(c1)NC(=O)c1ccc(N3CCN(C(=O)c4ccccc4C(F)(F)F)CC3)nc1O2. The number of nitrogens with one attached hydrogen (secondary N) is 1. The van der Waals surface area contributed by atoms with Crippen LogP contribution in [0, 0.1) is 13.8 Å². The van der Waals surface area contributed by atoms with E-state index >= 15 is 0 Å². The smallest absolute Gasteiger partial charge is 0.417 e. The van der Waals surface area contributed by atoms with Crippen LogP contribution in [0.4, 0.5) is 24.7 Å². The molecule has 0 saturated carbocycles. The zero-order valence-corrected chi connectivity index (χ0v) is 19.6. The topological polar surface area (TPSA) is 74.8 Å². The zero-order chi connectivity index (χ0) is 25.6. The predicted molar refractivity (Wildman–Crippen MR) is 128 cm³/mol. The van der Waals surface area contributed by atoms with Crippen molar-refractivity contribution >= 4 is 23.3 Å². The van der Waals surface area contributed by atoms with E-state index in [9.17, 15) is 22.8 Å². The van der Waals surface area contributed by atoms with Gasteiger partial charge in [0, 0.05) is 26.2 Å². The first kappa shape index (κ1) is 23.7. The monoisotopic (exact) mass is 496 g/mol. The number of benzene rings is 2. The molecule has 10 heteroatoms. The fourth-order valence-electron chi connectivity index (χ4n) is 4.55. The lowest BCUT2D eigenvalue weighted by Gasteiger charge is -2.36. The highest BCUT2D eigenvalue weighted by molar-refractivity contribution is 6.08. The van der Waals surface area contributed by atoms with Gasteiger partial charge in [-0.15, -0.1) is 0 Å². The number of ether oxygens (including phenoxy) is 1. The molecule has 2 aliphatic rings. The van der Waals surface area contributed by atoms with E-state index in [1.165, 1.54) is 23.1 Å². The molecule has 3 aromatic rings. The minimum Gasteiger partial charge on any atom is -0.436 e. The minimum atomic E-state index is -4.61. The van der Waals surface area contributed by atoms with Crippen LogP contribution in [-0.2, 0) is 6.18 Å². The zero-order valence-electron chi connectivity index (χ0n) is 19.6. The van der Waals surface area contributed by atoms with Crippen LogP contribution in [0.2, 0.25) is 0 Å². The highest BCUT2D eigenvalue weighted by atomic mass is 19.4. The van der Waals surface area contributed by atoms with Gasteiger partial charge < -0.3 is 19.9 Å². The summed E-state index contributed by atoms with van der Waals surface area (Å²) in [7, 11) is 0. The third kappa shape index (κ3) is 4.34. The molecular formula is C26H23F3N4O3. The predicted octanol–water partition coefficient (Wildman–Crippen LogP) is 5.04. The lowest BCUT2D eigenvalue weighted by Crippen LogP contribution is -2.49. The second-order valence-electron chi connectivity index (χ2n) is 8.86. The first-order valence-electron chi connectivity index (χ1n) is 11.4. The summed E-state index contributed by atoms with van der Waals surface area (Å²) in [6.07, 6.45) is -4.61. The van der Waals surface area contributed by atoms with Crippen LogP contribution >= 0.6 is 0 Å². The van der Waals surface area contributed by atoms with Crippen molar-refractivity contribution in [3.8, 4) is 11.6 Å². The van der Waals surface area contributed by atoms with Gasteiger partial charge in [0.1, 0.15) is 11.4 Å². The minimum absolute atomic E-state index is 0.174. The Morgan fingerprint density at radius 3 is 2.47 bits per heavy atom. The number of anilines is 2. The van der Waals surface area contributed by atoms with Gasteiger partial charge in [0.2, 0.25) is 5.88 Å². The number of carbonyl (C=O) groups is 2. The van der Waals surface area contributed by atoms with E-state index in [1.54, 1.807) is 12.1 Å². The number of pyridine rings is 1. The summed E-state index contributed by atoms with van der Waals surface area (Å²) >= 11 is 0. The van der Waals surface area contributed by atoms with Crippen LogP contribution in [0.15, 0.2) is 48.5 Å². The first-order valence-corrected chi connectivity index (χ1v) is 11.4. The molecule has 2 aromatic carbocycles. The van der Waals surface area contributed by atoms with Gasteiger partial charge in [-0.2, -0.15) is 18.2 Å². The van der Waals surface area contributed by atoms with E-state index < -0.39 is 17.6 Å². The molecule has 2 amide bonds.